The smallest absolute Gasteiger partial charge is 0.435 e. The number of alkyl halides is 3. The third-order valence-corrected chi connectivity index (χ3v) is 7.54. The molecule has 5 rings (SSSR count). The predicted molar refractivity (Wildman–Crippen MR) is 135 cm³/mol. The number of aromatic nitrogens is 2. The highest BCUT2D eigenvalue weighted by Gasteiger charge is 2.42. The van der Waals surface area contributed by atoms with Crippen LogP contribution in [0, 0.1) is 0 Å². The number of ketones is 1. The lowest BCUT2D eigenvalue weighted by atomic mass is 9.92. The molecule has 0 bridgehead atoms. The second-order valence-electron chi connectivity index (χ2n) is 10.2. The van der Waals surface area contributed by atoms with Crippen molar-refractivity contribution in [2.45, 2.75) is 63.3 Å². The highest BCUT2D eigenvalue weighted by atomic mass is 19.4. The molecule has 2 fully saturated rings. The minimum atomic E-state index is -4.77. The number of amides is 2. The van der Waals surface area contributed by atoms with Crippen molar-refractivity contribution < 1.29 is 32.3 Å². The van der Waals surface area contributed by atoms with E-state index in [0.717, 1.165) is 17.8 Å². The maximum absolute atomic E-state index is 13.7. The summed E-state index contributed by atoms with van der Waals surface area (Å²) in [6.45, 7) is 2.70. The zero-order chi connectivity index (χ0) is 27.7. The van der Waals surface area contributed by atoms with E-state index in [2.05, 4.69) is 15.7 Å². The molecule has 0 spiro atoms. The molecule has 2 aromatic rings. The first-order valence-electron chi connectivity index (χ1n) is 13.2. The first kappa shape index (κ1) is 27.0. The second-order valence-corrected chi connectivity index (χ2v) is 10.2. The number of benzene rings is 1. The summed E-state index contributed by atoms with van der Waals surface area (Å²) in [5, 5.41) is 10.3. The van der Waals surface area contributed by atoms with E-state index in [-0.39, 0.29) is 47.9 Å². The molecule has 0 radical (unpaired) electrons. The lowest BCUT2D eigenvalue weighted by Gasteiger charge is -2.33. The zero-order valence-electron chi connectivity index (χ0n) is 21.4. The van der Waals surface area contributed by atoms with Crippen molar-refractivity contribution in [1.29, 1.82) is 0 Å². The summed E-state index contributed by atoms with van der Waals surface area (Å²) in [7, 11) is 0. The molecule has 0 atom stereocenters. The van der Waals surface area contributed by atoms with E-state index in [1.807, 2.05) is 0 Å². The van der Waals surface area contributed by atoms with Crippen LogP contribution in [0.4, 0.5) is 23.7 Å². The number of nitrogens with two attached hydrogens (primary N) is 1. The lowest BCUT2D eigenvalue weighted by molar-refractivity contribution is -0.141. The molecule has 2 amide bonds. The molecule has 1 aromatic heterocycles. The molecular formula is C26H31F3N6O4. The van der Waals surface area contributed by atoms with E-state index in [4.69, 9.17) is 10.5 Å². The summed E-state index contributed by atoms with van der Waals surface area (Å²) < 4.78 is 48.0. The number of primary amides is 1. The quantitative estimate of drug-likeness (QED) is 0.523. The Morgan fingerprint density at radius 1 is 1.10 bits per heavy atom. The van der Waals surface area contributed by atoms with Gasteiger partial charge in [-0.25, -0.2) is 9.48 Å². The SMILES string of the molecule is NC(=O)c1ccc(-n2nc(C(F)(F)F)c3c2CCCC3=O)cc1NC1CCC(OC(=O)N2CCNCC2)CC1. The van der Waals surface area contributed by atoms with Crippen molar-refractivity contribution in [1.82, 2.24) is 20.0 Å². The number of hydrogen-bond acceptors (Lipinski definition) is 7. The van der Waals surface area contributed by atoms with E-state index >= 15 is 0 Å². The van der Waals surface area contributed by atoms with Gasteiger partial charge >= 0.3 is 12.3 Å². The summed E-state index contributed by atoms with van der Waals surface area (Å²) in [5.41, 5.74) is 5.09. The van der Waals surface area contributed by atoms with Gasteiger partial charge in [0.15, 0.2) is 11.5 Å². The van der Waals surface area contributed by atoms with E-state index in [1.54, 1.807) is 11.0 Å². The number of piperazine rings is 1. The molecule has 39 heavy (non-hydrogen) atoms. The Balaban J connectivity index is 1.33. The first-order chi connectivity index (χ1) is 18.6. The topological polar surface area (TPSA) is 132 Å². The van der Waals surface area contributed by atoms with Gasteiger partial charge in [0.05, 0.1) is 22.5 Å². The number of Topliss-reactive ketones (excluding diaryl/α,β-unsaturated/α-hetero) is 1. The Morgan fingerprint density at radius 2 is 1.82 bits per heavy atom. The normalized spacial score (nSPS) is 21.8. The van der Waals surface area contributed by atoms with Crippen LogP contribution < -0.4 is 16.4 Å². The Hall–Kier alpha value is -3.61. The average molecular weight is 549 g/mol. The van der Waals surface area contributed by atoms with Gasteiger partial charge in [0.25, 0.3) is 5.91 Å². The summed E-state index contributed by atoms with van der Waals surface area (Å²) in [6.07, 6.45) is -1.96. The minimum absolute atomic E-state index is 0.0441. The van der Waals surface area contributed by atoms with Gasteiger partial charge < -0.3 is 26.0 Å². The molecule has 1 saturated carbocycles. The molecule has 1 aliphatic heterocycles. The first-order valence-corrected chi connectivity index (χ1v) is 13.2. The number of nitrogens with zero attached hydrogens (tertiary/aromatic N) is 3. The number of nitrogens with one attached hydrogen (secondary N) is 2. The van der Waals surface area contributed by atoms with E-state index in [1.165, 1.54) is 12.1 Å². The monoisotopic (exact) mass is 548 g/mol. The number of hydrogen-bond donors (Lipinski definition) is 3. The molecule has 1 aromatic carbocycles. The summed E-state index contributed by atoms with van der Waals surface area (Å²) in [6, 6.07) is 4.41. The van der Waals surface area contributed by atoms with Gasteiger partial charge in [-0.05, 0) is 56.7 Å². The van der Waals surface area contributed by atoms with Crippen molar-refractivity contribution in [3.8, 4) is 5.69 Å². The molecule has 2 aliphatic carbocycles. The standard InChI is InChI=1S/C26H31F3N6O4/c27-26(28,29)23-22-20(2-1-3-21(22)36)35(33-23)16-6-9-18(24(30)37)19(14-16)32-15-4-7-17(8-5-15)39-25(38)34-12-10-31-11-13-34/h6,9,14-15,17,31-32H,1-5,7-8,10-13H2,(H2,30,37). The Morgan fingerprint density at radius 3 is 2.49 bits per heavy atom. The van der Waals surface area contributed by atoms with E-state index in [0.29, 0.717) is 56.6 Å². The molecular weight excluding hydrogens is 517 g/mol. The molecule has 2 heterocycles. The maximum Gasteiger partial charge on any atom is 0.435 e. The maximum atomic E-state index is 13.7. The third kappa shape index (κ3) is 5.72. The van der Waals surface area contributed by atoms with Crippen LogP contribution in [0.15, 0.2) is 18.2 Å². The summed E-state index contributed by atoms with van der Waals surface area (Å²) >= 11 is 0. The lowest BCUT2D eigenvalue weighted by Crippen LogP contribution is -2.47. The van der Waals surface area contributed by atoms with Crippen LogP contribution in [0.25, 0.3) is 5.69 Å². The number of carbonyl (C=O) groups excluding carboxylic acids is 3. The molecule has 13 heteroatoms. The summed E-state index contributed by atoms with van der Waals surface area (Å²) in [5.74, 6) is -1.26. The van der Waals surface area contributed by atoms with Crippen LogP contribution in [0.3, 0.4) is 0 Å². The zero-order valence-corrected chi connectivity index (χ0v) is 21.4. The second kappa shape index (κ2) is 10.9. The van der Waals surface area contributed by atoms with Gasteiger partial charge in [0, 0.05) is 44.3 Å². The molecule has 10 nitrogen and oxygen atoms in total. The molecule has 1 saturated heterocycles. The van der Waals surface area contributed by atoms with Crippen LogP contribution >= 0.6 is 0 Å². The van der Waals surface area contributed by atoms with Crippen molar-refractivity contribution in [2.24, 2.45) is 5.73 Å². The number of ether oxygens (including phenoxy) is 1. The highest BCUT2D eigenvalue weighted by molar-refractivity contribution is 6.00. The van der Waals surface area contributed by atoms with Crippen molar-refractivity contribution in [2.75, 3.05) is 31.5 Å². The molecule has 3 aliphatic rings. The van der Waals surface area contributed by atoms with Crippen LogP contribution in [0.1, 0.15) is 70.6 Å². The van der Waals surface area contributed by atoms with E-state index < -0.39 is 23.6 Å². The van der Waals surface area contributed by atoms with Gasteiger partial charge in [-0.1, -0.05) is 0 Å². The molecule has 4 N–H and O–H groups in total. The van der Waals surface area contributed by atoms with Crippen LogP contribution in [0.2, 0.25) is 0 Å². The van der Waals surface area contributed by atoms with Crippen molar-refractivity contribution in [3.63, 3.8) is 0 Å². The Bertz CT molecular complexity index is 1260. The third-order valence-electron chi connectivity index (χ3n) is 7.54. The highest BCUT2D eigenvalue weighted by Crippen LogP contribution is 2.37. The van der Waals surface area contributed by atoms with Gasteiger partial charge in [-0.2, -0.15) is 18.3 Å². The van der Waals surface area contributed by atoms with Crippen molar-refractivity contribution >= 4 is 23.5 Å². The van der Waals surface area contributed by atoms with Gasteiger partial charge in [0.1, 0.15) is 6.10 Å². The molecule has 210 valence electrons. The predicted octanol–water partition coefficient (Wildman–Crippen LogP) is 3.27. The van der Waals surface area contributed by atoms with Crippen molar-refractivity contribution in [3.05, 3.63) is 40.7 Å². The van der Waals surface area contributed by atoms with Gasteiger partial charge in [0.2, 0.25) is 0 Å². The summed E-state index contributed by atoms with van der Waals surface area (Å²) in [4.78, 5) is 38.7. The largest absolute Gasteiger partial charge is 0.446 e. The fourth-order valence-electron chi connectivity index (χ4n) is 5.54. The molecule has 0 unspecified atom stereocenters. The van der Waals surface area contributed by atoms with Crippen LogP contribution in [0.5, 0.6) is 0 Å². The van der Waals surface area contributed by atoms with Crippen LogP contribution in [-0.2, 0) is 17.3 Å². The number of carbonyl (C=O) groups is 3. The Kier molecular flexibility index (Phi) is 7.52. The number of halogens is 3. The fraction of sp³-hybridized carbons (Fsp3) is 0.538. The van der Waals surface area contributed by atoms with Crippen LogP contribution in [-0.4, -0.2) is 70.8 Å². The number of anilines is 1. The number of rotatable bonds is 5. The average Bonchev–Trinajstić information content (AvgIpc) is 3.32. The van der Waals surface area contributed by atoms with Gasteiger partial charge in [-0.3, -0.25) is 9.59 Å². The number of fused-ring (bicyclic) bond motifs is 1. The van der Waals surface area contributed by atoms with E-state index in [9.17, 15) is 27.6 Å². The van der Waals surface area contributed by atoms with Gasteiger partial charge in [-0.15, -0.1) is 0 Å². The fourth-order valence-corrected chi connectivity index (χ4v) is 5.54. The minimum Gasteiger partial charge on any atom is -0.446 e. The Labute approximate surface area is 223 Å².